The van der Waals surface area contributed by atoms with Crippen LogP contribution in [0.4, 0.5) is 0 Å². The van der Waals surface area contributed by atoms with Crippen LogP contribution < -0.4 is 0 Å². The van der Waals surface area contributed by atoms with Gasteiger partial charge in [0.2, 0.25) is 0 Å². The van der Waals surface area contributed by atoms with Crippen LogP contribution in [0.1, 0.15) is 36.0 Å². The van der Waals surface area contributed by atoms with Gasteiger partial charge in [0.25, 0.3) is 5.91 Å². The summed E-state index contributed by atoms with van der Waals surface area (Å²) in [6.07, 6.45) is 8.51. The maximum absolute atomic E-state index is 13.2. The first-order valence-electron chi connectivity index (χ1n) is 8.84. The highest BCUT2D eigenvalue weighted by atomic mass is 79.9. The molecule has 5 heteroatoms. The zero-order valence-electron chi connectivity index (χ0n) is 14.4. The number of alkyl halides is 1. The van der Waals surface area contributed by atoms with Gasteiger partial charge < -0.3 is 4.90 Å². The van der Waals surface area contributed by atoms with Crippen molar-refractivity contribution in [2.24, 2.45) is 7.05 Å². The lowest BCUT2D eigenvalue weighted by molar-refractivity contribution is 0.0740. The average Bonchev–Trinajstić information content (AvgIpc) is 3.02. The topological polar surface area (TPSA) is 38.1 Å². The first-order chi connectivity index (χ1) is 12.1. The Labute approximate surface area is 156 Å². The first-order valence-corrected chi connectivity index (χ1v) is 9.63. The van der Waals surface area contributed by atoms with E-state index in [-0.39, 0.29) is 10.2 Å². The molecule has 130 valence electrons. The van der Waals surface area contributed by atoms with Gasteiger partial charge in [0.1, 0.15) is 0 Å². The average molecular weight is 400 g/mol. The van der Waals surface area contributed by atoms with E-state index in [1.807, 2.05) is 42.3 Å². The molecule has 4 rings (SSSR count). The van der Waals surface area contributed by atoms with Crippen molar-refractivity contribution < 1.29 is 4.79 Å². The molecule has 0 radical (unpaired) electrons. The highest BCUT2D eigenvalue weighted by Crippen LogP contribution is 2.43. The summed E-state index contributed by atoms with van der Waals surface area (Å²) >= 11 is 3.94. The quantitative estimate of drug-likeness (QED) is 0.561. The van der Waals surface area contributed by atoms with Crippen LogP contribution in [0.25, 0.3) is 11.3 Å². The second kappa shape index (κ2) is 6.45. The largest absolute Gasteiger partial charge is 0.334 e. The standard InChI is InChI=1S/C20H22BrN3O/c1-23-18(15-7-3-2-4-8-15)17(13-22-23)19(25)24-12-11-20(21)10-6-5-9-16(20)14-24/h2-4,7-9,13H,5-6,10-12,14H2,1H3. The van der Waals surface area contributed by atoms with E-state index in [0.29, 0.717) is 12.1 Å². The first kappa shape index (κ1) is 16.6. The molecular formula is C20H22BrN3O. The van der Waals surface area contributed by atoms with Crippen molar-refractivity contribution in [3.8, 4) is 11.3 Å². The van der Waals surface area contributed by atoms with E-state index in [0.717, 1.165) is 30.6 Å². The van der Waals surface area contributed by atoms with Crippen LogP contribution in [-0.4, -0.2) is 38.0 Å². The molecule has 1 aliphatic heterocycles. The summed E-state index contributed by atoms with van der Waals surface area (Å²) in [6.45, 7) is 1.50. The van der Waals surface area contributed by atoms with Crippen molar-refractivity contribution >= 4 is 21.8 Å². The third-order valence-corrected chi connectivity index (χ3v) is 6.69. The number of benzene rings is 1. The lowest BCUT2D eigenvalue weighted by atomic mass is 9.82. The maximum Gasteiger partial charge on any atom is 0.257 e. The van der Waals surface area contributed by atoms with Crippen LogP contribution in [0.2, 0.25) is 0 Å². The van der Waals surface area contributed by atoms with Gasteiger partial charge >= 0.3 is 0 Å². The Morgan fingerprint density at radius 1 is 1.24 bits per heavy atom. The van der Waals surface area contributed by atoms with Gasteiger partial charge in [0.05, 0.1) is 17.5 Å². The number of carbonyl (C=O) groups is 1. The number of hydrogen-bond donors (Lipinski definition) is 0. The molecule has 0 N–H and O–H groups in total. The van der Waals surface area contributed by atoms with Gasteiger partial charge in [0, 0.05) is 30.0 Å². The number of aromatic nitrogens is 2. The predicted molar refractivity (Wildman–Crippen MR) is 103 cm³/mol. The summed E-state index contributed by atoms with van der Waals surface area (Å²) < 4.78 is 1.90. The van der Waals surface area contributed by atoms with Gasteiger partial charge in [-0.15, -0.1) is 0 Å². The molecule has 2 heterocycles. The Morgan fingerprint density at radius 3 is 2.84 bits per heavy atom. The predicted octanol–water partition coefficient (Wildman–Crippen LogP) is 4.18. The summed E-state index contributed by atoms with van der Waals surface area (Å²) in [6, 6.07) is 10.0. The normalized spacial score (nSPS) is 23.1. The molecule has 2 aliphatic rings. The summed E-state index contributed by atoms with van der Waals surface area (Å²) in [5, 5.41) is 4.35. The number of aryl methyl sites for hydroxylation is 1. The molecule has 25 heavy (non-hydrogen) atoms. The zero-order valence-corrected chi connectivity index (χ0v) is 16.0. The van der Waals surface area contributed by atoms with Crippen LogP contribution >= 0.6 is 15.9 Å². The maximum atomic E-state index is 13.2. The number of carbonyl (C=O) groups excluding carboxylic acids is 1. The number of likely N-dealkylation sites (tertiary alicyclic amines) is 1. The Hall–Kier alpha value is -1.88. The van der Waals surface area contributed by atoms with E-state index in [1.54, 1.807) is 10.9 Å². The minimum atomic E-state index is 0.0768. The Morgan fingerprint density at radius 2 is 2.04 bits per heavy atom. The number of rotatable bonds is 2. The summed E-state index contributed by atoms with van der Waals surface area (Å²) in [7, 11) is 1.89. The van der Waals surface area contributed by atoms with Gasteiger partial charge in [0.15, 0.2) is 0 Å². The second-order valence-electron chi connectivity index (χ2n) is 6.96. The number of fused-ring (bicyclic) bond motifs is 1. The lowest BCUT2D eigenvalue weighted by Gasteiger charge is -2.42. The Balaban J connectivity index is 1.64. The summed E-state index contributed by atoms with van der Waals surface area (Å²) in [5.41, 5.74) is 3.96. The minimum absolute atomic E-state index is 0.0768. The van der Waals surface area contributed by atoms with Crippen molar-refractivity contribution in [3.63, 3.8) is 0 Å². The molecule has 4 nitrogen and oxygen atoms in total. The number of piperidine rings is 1. The molecule has 1 aliphatic carbocycles. The third kappa shape index (κ3) is 2.95. The summed E-state index contributed by atoms with van der Waals surface area (Å²) in [5.74, 6) is 0.0768. The number of allylic oxidation sites excluding steroid dienone is 1. The van der Waals surface area contributed by atoms with E-state index in [1.165, 1.54) is 18.4 Å². The molecule has 0 saturated carbocycles. The number of halogens is 1. The highest BCUT2D eigenvalue weighted by Gasteiger charge is 2.39. The van der Waals surface area contributed by atoms with E-state index in [4.69, 9.17) is 0 Å². The zero-order chi connectivity index (χ0) is 17.4. The lowest BCUT2D eigenvalue weighted by Crippen LogP contribution is -2.46. The van der Waals surface area contributed by atoms with Gasteiger partial charge in [-0.05, 0) is 31.3 Å². The van der Waals surface area contributed by atoms with Gasteiger partial charge in [-0.25, -0.2) is 0 Å². The molecule has 1 aromatic heterocycles. The van der Waals surface area contributed by atoms with Gasteiger partial charge in [-0.2, -0.15) is 5.10 Å². The van der Waals surface area contributed by atoms with E-state index in [9.17, 15) is 4.79 Å². The fraction of sp³-hybridized carbons (Fsp3) is 0.400. The van der Waals surface area contributed by atoms with E-state index < -0.39 is 0 Å². The molecular weight excluding hydrogens is 378 g/mol. The number of hydrogen-bond acceptors (Lipinski definition) is 2. The summed E-state index contributed by atoms with van der Waals surface area (Å²) in [4.78, 5) is 15.2. The molecule has 1 saturated heterocycles. The van der Waals surface area contributed by atoms with Crippen LogP contribution in [0.5, 0.6) is 0 Å². The number of amides is 1. The Kier molecular flexibility index (Phi) is 4.28. The highest BCUT2D eigenvalue weighted by molar-refractivity contribution is 9.10. The van der Waals surface area contributed by atoms with Crippen molar-refractivity contribution in [1.29, 1.82) is 0 Å². The molecule has 1 amide bonds. The van der Waals surface area contributed by atoms with Crippen LogP contribution in [-0.2, 0) is 7.05 Å². The van der Waals surface area contributed by atoms with Crippen LogP contribution in [0.15, 0.2) is 48.2 Å². The smallest absolute Gasteiger partial charge is 0.257 e. The monoisotopic (exact) mass is 399 g/mol. The molecule has 1 atom stereocenters. The molecule has 0 bridgehead atoms. The molecule has 0 spiro atoms. The van der Waals surface area contributed by atoms with E-state index >= 15 is 0 Å². The Bertz CT molecular complexity index is 827. The third-order valence-electron chi connectivity index (χ3n) is 5.39. The minimum Gasteiger partial charge on any atom is -0.334 e. The van der Waals surface area contributed by atoms with Gasteiger partial charge in [-0.3, -0.25) is 9.48 Å². The van der Waals surface area contributed by atoms with Crippen molar-refractivity contribution in [1.82, 2.24) is 14.7 Å². The molecule has 1 unspecified atom stereocenters. The van der Waals surface area contributed by atoms with Crippen molar-refractivity contribution in [2.75, 3.05) is 13.1 Å². The number of nitrogens with zero attached hydrogens (tertiary/aromatic N) is 3. The van der Waals surface area contributed by atoms with Crippen molar-refractivity contribution in [2.45, 2.75) is 30.0 Å². The van der Waals surface area contributed by atoms with Crippen LogP contribution in [0.3, 0.4) is 0 Å². The SMILES string of the molecule is Cn1ncc(C(=O)N2CCC3(Br)CCCC=C3C2)c1-c1ccccc1. The molecule has 2 aromatic rings. The molecule has 1 aromatic carbocycles. The van der Waals surface area contributed by atoms with E-state index in [2.05, 4.69) is 27.1 Å². The van der Waals surface area contributed by atoms with Crippen molar-refractivity contribution in [3.05, 3.63) is 53.7 Å². The van der Waals surface area contributed by atoms with Crippen LogP contribution in [0, 0.1) is 0 Å². The fourth-order valence-electron chi connectivity index (χ4n) is 3.97. The van der Waals surface area contributed by atoms with Gasteiger partial charge in [-0.1, -0.05) is 52.3 Å². The second-order valence-corrected chi connectivity index (χ2v) is 8.48. The molecule has 1 fully saturated rings. The fourth-order valence-corrected chi connectivity index (χ4v) is 4.71.